The molecule has 0 bridgehead atoms. The zero-order chi connectivity index (χ0) is 20.0. The monoisotopic (exact) mass is 418 g/mol. The van der Waals surface area contributed by atoms with Crippen molar-refractivity contribution >= 4 is 21.8 Å². The number of methoxy groups -OCH3 is 1. The molecular formula is C19H22N4O3S2. The predicted octanol–water partition coefficient (Wildman–Crippen LogP) is 2.97. The second kappa shape index (κ2) is 9.22. The summed E-state index contributed by atoms with van der Waals surface area (Å²) in [6.45, 7) is 0. The van der Waals surface area contributed by atoms with Gasteiger partial charge in [0.05, 0.1) is 12.9 Å². The van der Waals surface area contributed by atoms with Crippen LogP contribution < -0.4 is 9.46 Å². The zero-order valence-corrected chi connectivity index (χ0v) is 17.3. The highest BCUT2D eigenvalue weighted by Crippen LogP contribution is 2.29. The first-order chi connectivity index (χ1) is 13.5. The summed E-state index contributed by atoms with van der Waals surface area (Å²) in [5, 5.41) is 9.45. The van der Waals surface area contributed by atoms with Gasteiger partial charge in [-0.2, -0.15) is 0 Å². The van der Waals surface area contributed by atoms with Crippen LogP contribution >= 0.6 is 11.8 Å². The van der Waals surface area contributed by atoms with E-state index in [-0.39, 0.29) is 5.75 Å². The van der Waals surface area contributed by atoms with Crippen LogP contribution in [-0.2, 0) is 10.0 Å². The minimum atomic E-state index is -3.20. The Labute approximate surface area is 169 Å². The van der Waals surface area contributed by atoms with E-state index in [1.165, 1.54) is 18.8 Å². The van der Waals surface area contributed by atoms with Crippen LogP contribution in [0, 0.1) is 0 Å². The fourth-order valence-electron chi connectivity index (χ4n) is 2.61. The number of sulfonamides is 1. The van der Waals surface area contributed by atoms with Crippen molar-refractivity contribution in [3.8, 4) is 22.8 Å². The lowest BCUT2D eigenvalue weighted by Gasteiger charge is -2.10. The molecule has 2 aromatic carbocycles. The lowest BCUT2D eigenvalue weighted by Crippen LogP contribution is -2.22. The van der Waals surface area contributed by atoms with Gasteiger partial charge in [0, 0.05) is 17.0 Å². The average Bonchev–Trinajstić information content (AvgIpc) is 3.16. The number of aromatic nitrogens is 3. The van der Waals surface area contributed by atoms with Gasteiger partial charge in [0.15, 0.2) is 11.0 Å². The SMILES string of the molecule is CNS(=O)(=O)CCCSc1nnc(-c2ccc(OC)cc2)n1-c1ccccc1. The highest BCUT2D eigenvalue weighted by atomic mass is 32.2. The Morgan fingerprint density at radius 1 is 1.07 bits per heavy atom. The molecule has 0 amide bonds. The molecule has 0 spiro atoms. The first kappa shape index (κ1) is 20.4. The van der Waals surface area contributed by atoms with Gasteiger partial charge in [0.1, 0.15) is 5.75 Å². The van der Waals surface area contributed by atoms with E-state index in [0.29, 0.717) is 12.2 Å². The van der Waals surface area contributed by atoms with Gasteiger partial charge in [0.2, 0.25) is 10.0 Å². The number of nitrogens with one attached hydrogen (secondary N) is 1. The molecule has 0 aliphatic rings. The summed E-state index contributed by atoms with van der Waals surface area (Å²) in [7, 11) is -0.143. The molecule has 0 radical (unpaired) electrons. The normalized spacial score (nSPS) is 11.5. The van der Waals surface area contributed by atoms with Crippen LogP contribution in [-0.4, -0.2) is 48.8 Å². The quantitative estimate of drug-likeness (QED) is 0.425. The zero-order valence-electron chi connectivity index (χ0n) is 15.7. The van der Waals surface area contributed by atoms with Gasteiger partial charge < -0.3 is 4.74 Å². The smallest absolute Gasteiger partial charge is 0.211 e. The molecule has 3 rings (SSSR count). The third kappa shape index (κ3) is 4.92. The van der Waals surface area contributed by atoms with Gasteiger partial charge in [-0.3, -0.25) is 4.57 Å². The molecule has 0 saturated carbocycles. The Morgan fingerprint density at radius 2 is 1.79 bits per heavy atom. The Bertz CT molecular complexity index is 1000. The fraction of sp³-hybridized carbons (Fsp3) is 0.263. The number of ether oxygens (including phenoxy) is 1. The molecule has 0 aliphatic heterocycles. The first-order valence-electron chi connectivity index (χ1n) is 8.73. The van der Waals surface area contributed by atoms with Crippen molar-refractivity contribution in [2.75, 3.05) is 25.7 Å². The summed E-state index contributed by atoms with van der Waals surface area (Å²) < 4.78 is 32.7. The van der Waals surface area contributed by atoms with Crippen LogP contribution in [0.5, 0.6) is 5.75 Å². The summed E-state index contributed by atoms with van der Waals surface area (Å²) in [6, 6.07) is 17.5. The predicted molar refractivity (Wildman–Crippen MR) is 112 cm³/mol. The topological polar surface area (TPSA) is 86.1 Å². The van der Waals surface area contributed by atoms with Crippen LogP contribution in [0.3, 0.4) is 0 Å². The molecule has 0 unspecified atom stereocenters. The number of rotatable bonds is 9. The van der Waals surface area contributed by atoms with Crippen molar-refractivity contribution in [2.45, 2.75) is 11.6 Å². The van der Waals surface area contributed by atoms with Crippen LogP contribution in [0.15, 0.2) is 59.8 Å². The summed E-state index contributed by atoms with van der Waals surface area (Å²) in [6.07, 6.45) is 0.521. The van der Waals surface area contributed by atoms with Crippen LogP contribution in [0.25, 0.3) is 17.1 Å². The molecule has 7 nitrogen and oxygen atoms in total. The molecular weight excluding hydrogens is 396 g/mol. The molecule has 28 heavy (non-hydrogen) atoms. The summed E-state index contributed by atoms with van der Waals surface area (Å²) in [4.78, 5) is 0. The van der Waals surface area contributed by atoms with Crippen LogP contribution in [0.1, 0.15) is 6.42 Å². The van der Waals surface area contributed by atoms with Crippen LogP contribution in [0.4, 0.5) is 0 Å². The Kier molecular flexibility index (Phi) is 6.71. The van der Waals surface area contributed by atoms with Crippen molar-refractivity contribution in [3.63, 3.8) is 0 Å². The summed E-state index contributed by atoms with van der Waals surface area (Å²) in [5.41, 5.74) is 1.87. The van der Waals surface area contributed by atoms with E-state index in [9.17, 15) is 8.42 Å². The molecule has 0 saturated heterocycles. The number of thioether (sulfide) groups is 1. The third-order valence-corrected chi connectivity index (χ3v) is 6.56. The molecule has 3 aromatic rings. The van der Waals surface area contributed by atoms with Crippen molar-refractivity contribution in [3.05, 3.63) is 54.6 Å². The molecule has 0 fully saturated rings. The van der Waals surface area contributed by atoms with Crippen molar-refractivity contribution < 1.29 is 13.2 Å². The summed E-state index contributed by atoms with van der Waals surface area (Å²) >= 11 is 1.49. The first-order valence-corrected chi connectivity index (χ1v) is 11.4. The molecule has 1 N–H and O–H groups in total. The third-order valence-electron chi connectivity index (χ3n) is 4.10. The standard InChI is InChI=1S/C19H22N4O3S2/c1-20-28(24,25)14-6-13-27-19-22-21-18(15-9-11-17(26-2)12-10-15)23(19)16-7-4-3-5-8-16/h3-5,7-12,20H,6,13-14H2,1-2H3. The van der Waals surface area contributed by atoms with E-state index in [0.717, 1.165) is 28.0 Å². The van der Waals surface area contributed by atoms with E-state index >= 15 is 0 Å². The molecule has 1 heterocycles. The largest absolute Gasteiger partial charge is 0.497 e. The van der Waals surface area contributed by atoms with Gasteiger partial charge in [-0.1, -0.05) is 30.0 Å². The molecule has 0 aliphatic carbocycles. The van der Waals surface area contributed by atoms with Crippen LogP contribution in [0.2, 0.25) is 0 Å². The highest BCUT2D eigenvalue weighted by Gasteiger charge is 2.16. The van der Waals surface area contributed by atoms with Gasteiger partial charge in [-0.05, 0) is 49.9 Å². The number of nitrogens with zero attached hydrogens (tertiary/aromatic N) is 3. The van der Waals surface area contributed by atoms with Crippen molar-refractivity contribution in [1.82, 2.24) is 19.5 Å². The maximum absolute atomic E-state index is 11.6. The second-order valence-corrected chi connectivity index (χ2v) is 9.04. The summed E-state index contributed by atoms with van der Waals surface area (Å²) in [5.74, 6) is 2.20. The lowest BCUT2D eigenvalue weighted by molar-refractivity contribution is 0.415. The average molecular weight is 419 g/mol. The van der Waals surface area contributed by atoms with E-state index in [4.69, 9.17) is 4.74 Å². The van der Waals surface area contributed by atoms with E-state index in [2.05, 4.69) is 14.9 Å². The van der Waals surface area contributed by atoms with Gasteiger partial charge in [-0.25, -0.2) is 13.1 Å². The number of hydrogen-bond acceptors (Lipinski definition) is 6. The second-order valence-electron chi connectivity index (χ2n) is 5.93. The minimum Gasteiger partial charge on any atom is -0.497 e. The maximum atomic E-state index is 11.6. The molecule has 9 heteroatoms. The van der Waals surface area contributed by atoms with E-state index in [1.807, 2.05) is 59.2 Å². The molecule has 1 aromatic heterocycles. The van der Waals surface area contributed by atoms with E-state index in [1.54, 1.807) is 7.11 Å². The molecule has 148 valence electrons. The number of hydrogen-bond donors (Lipinski definition) is 1. The van der Waals surface area contributed by atoms with E-state index < -0.39 is 10.0 Å². The maximum Gasteiger partial charge on any atom is 0.211 e. The Balaban J connectivity index is 1.87. The Morgan fingerprint density at radius 3 is 2.43 bits per heavy atom. The number of benzene rings is 2. The lowest BCUT2D eigenvalue weighted by atomic mass is 10.2. The molecule has 0 atom stereocenters. The van der Waals surface area contributed by atoms with Gasteiger partial charge in [-0.15, -0.1) is 10.2 Å². The van der Waals surface area contributed by atoms with Gasteiger partial charge >= 0.3 is 0 Å². The number of para-hydroxylation sites is 1. The van der Waals surface area contributed by atoms with Crippen molar-refractivity contribution in [2.24, 2.45) is 0 Å². The van der Waals surface area contributed by atoms with Gasteiger partial charge in [0.25, 0.3) is 0 Å². The highest BCUT2D eigenvalue weighted by molar-refractivity contribution is 7.99. The van der Waals surface area contributed by atoms with Crippen molar-refractivity contribution in [1.29, 1.82) is 0 Å². The minimum absolute atomic E-state index is 0.0846. The Hall–Kier alpha value is -2.36. The fourth-order valence-corrected chi connectivity index (χ4v) is 4.42.